The average molecular weight is 361 g/mol. The molecule has 1 amide bonds. The molecule has 0 fully saturated rings. The third-order valence-electron chi connectivity index (χ3n) is 3.97. The number of benzene rings is 2. The smallest absolute Gasteiger partial charge is 0.339 e. The molecule has 0 spiro atoms. The Morgan fingerprint density at radius 3 is 2.16 bits per heavy atom. The zero-order valence-corrected chi connectivity index (χ0v) is 15.8. The van der Waals surface area contributed by atoms with E-state index in [2.05, 4.69) is 0 Å². The second-order valence-corrected chi connectivity index (χ2v) is 7.32. The Morgan fingerprint density at radius 2 is 1.60 bits per heavy atom. The van der Waals surface area contributed by atoms with Gasteiger partial charge in [0, 0.05) is 18.7 Å². The van der Waals surface area contributed by atoms with Crippen molar-refractivity contribution >= 4 is 16.0 Å². The summed E-state index contributed by atoms with van der Waals surface area (Å²) in [5.41, 5.74) is 1.96. The highest BCUT2D eigenvalue weighted by atomic mass is 32.2. The molecule has 0 saturated carbocycles. The van der Waals surface area contributed by atoms with Gasteiger partial charge in [-0.3, -0.25) is 4.79 Å². The van der Waals surface area contributed by atoms with E-state index in [0.717, 1.165) is 5.56 Å². The van der Waals surface area contributed by atoms with Crippen molar-refractivity contribution in [2.45, 2.75) is 32.6 Å². The Labute approximate surface area is 149 Å². The minimum Gasteiger partial charge on any atom is -0.379 e. The van der Waals surface area contributed by atoms with Gasteiger partial charge in [0.1, 0.15) is 10.6 Å². The first-order chi connectivity index (χ1) is 11.8. The van der Waals surface area contributed by atoms with E-state index in [4.69, 9.17) is 4.18 Å². The zero-order chi connectivity index (χ0) is 18.6. The van der Waals surface area contributed by atoms with Gasteiger partial charge in [-0.05, 0) is 69.2 Å². The second kappa shape index (κ2) is 7.70. The molecule has 0 aliphatic rings. The second-order valence-electron chi connectivity index (χ2n) is 5.81. The van der Waals surface area contributed by atoms with Crippen LogP contribution in [0.15, 0.2) is 47.4 Å². The van der Waals surface area contributed by atoms with Crippen LogP contribution >= 0.6 is 0 Å². The molecule has 0 saturated heterocycles. The molecule has 0 unspecified atom stereocenters. The van der Waals surface area contributed by atoms with E-state index in [-0.39, 0.29) is 16.6 Å². The predicted molar refractivity (Wildman–Crippen MR) is 97.4 cm³/mol. The summed E-state index contributed by atoms with van der Waals surface area (Å²) >= 11 is 0. The molecule has 0 bridgehead atoms. The van der Waals surface area contributed by atoms with Crippen LogP contribution in [0.4, 0.5) is 0 Å². The summed E-state index contributed by atoms with van der Waals surface area (Å²) in [6, 6.07) is 11.3. The largest absolute Gasteiger partial charge is 0.379 e. The highest BCUT2D eigenvalue weighted by Crippen LogP contribution is 2.23. The maximum atomic E-state index is 12.5. The number of rotatable bonds is 6. The van der Waals surface area contributed by atoms with Crippen molar-refractivity contribution in [3.05, 3.63) is 59.2 Å². The molecule has 5 nitrogen and oxygen atoms in total. The van der Waals surface area contributed by atoms with Gasteiger partial charge < -0.3 is 9.08 Å². The normalized spacial score (nSPS) is 11.2. The highest BCUT2D eigenvalue weighted by molar-refractivity contribution is 7.87. The standard InChI is InChI=1S/C19H23NO4S/c1-5-20(6-2)19(21)16-9-11-17(12-10-16)24-25(22,23)18-13-14(3)7-8-15(18)4/h7-13H,5-6H2,1-4H3. The van der Waals surface area contributed by atoms with Crippen molar-refractivity contribution in [3.63, 3.8) is 0 Å². The van der Waals surface area contributed by atoms with Crippen molar-refractivity contribution in [1.82, 2.24) is 4.90 Å². The van der Waals surface area contributed by atoms with E-state index >= 15 is 0 Å². The van der Waals surface area contributed by atoms with Gasteiger partial charge in [-0.25, -0.2) is 0 Å². The van der Waals surface area contributed by atoms with Gasteiger partial charge in [0.25, 0.3) is 5.91 Å². The number of hydrogen-bond donors (Lipinski definition) is 0. The third kappa shape index (κ3) is 4.39. The fraction of sp³-hybridized carbons (Fsp3) is 0.316. The van der Waals surface area contributed by atoms with Crippen LogP contribution in [-0.4, -0.2) is 32.3 Å². The maximum Gasteiger partial charge on any atom is 0.339 e. The van der Waals surface area contributed by atoms with Crippen LogP contribution < -0.4 is 4.18 Å². The summed E-state index contributed by atoms with van der Waals surface area (Å²) in [6.45, 7) is 8.61. The van der Waals surface area contributed by atoms with Crippen molar-refractivity contribution in [3.8, 4) is 5.75 Å². The quantitative estimate of drug-likeness (QED) is 0.738. The Morgan fingerprint density at radius 1 is 1.00 bits per heavy atom. The molecule has 2 aromatic rings. The van der Waals surface area contributed by atoms with Crippen LogP contribution in [0.5, 0.6) is 5.75 Å². The van der Waals surface area contributed by atoms with E-state index in [1.807, 2.05) is 26.8 Å². The number of carbonyl (C=O) groups excluding carboxylic acids is 1. The van der Waals surface area contributed by atoms with Gasteiger partial charge in [-0.15, -0.1) is 0 Å². The summed E-state index contributed by atoms with van der Waals surface area (Å²) < 4.78 is 30.2. The first-order valence-corrected chi connectivity index (χ1v) is 9.60. The predicted octanol–water partition coefficient (Wildman–Crippen LogP) is 3.55. The van der Waals surface area contributed by atoms with E-state index in [1.165, 1.54) is 12.1 Å². The van der Waals surface area contributed by atoms with Crippen LogP contribution in [0.1, 0.15) is 35.3 Å². The molecule has 0 atom stereocenters. The third-order valence-corrected chi connectivity index (χ3v) is 5.36. The van der Waals surface area contributed by atoms with Gasteiger partial charge in [-0.1, -0.05) is 12.1 Å². The van der Waals surface area contributed by atoms with Gasteiger partial charge >= 0.3 is 10.1 Å². The Kier molecular flexibility index (Phi) is 5.85. The lowest BCUT2D eigenvalue weighted by molar-refractivity contribution is 0.0773. The fourth-order valence-electron chi connectivity index (χ4n) is 2.49. The molecular formula is C19H23NO4S. The number of hydrogen-bond acceptors (Lipinski definition) is 4. The van der Waals surface area contributed by atoms with E-state index in [0.29, 0.717) is 24.2 Å². The van der Waals surface area contributed by atoms with Crippen LogP contribution in [0.2, 0.25) is 0 Å². The van der Waals surface area contributed by atoms with Crippen molar-refractivity contribution in [1.29, 1.82) is 0 Å². The molecule has 0 radical (unpaired) electrons. The molecule has 0 N–H and O–H groups in total. The summed E-state index contributed by atoms with van der Waals surface area (Å²) in [5.74, 6) is 0.0888. The molecule has 25 heavy (non-hydrogen) atoms. The monoisotopic (exact) mass is 361 g/mol. The topological polar surface area (TPSA) is 63.7 Å². The molecule has 0 heterocycles. The zero-order valence-electron chi connectivity index (χ0n) is 14.9. The molecule has 2 aromatic carbocycles. The molecule has 134 valence electrons. The number of amides is 1. The summed E-state index contributed by atoms with van der Waals surface area (Å²) in [6.07, 6.45) is 0. The van der Waals surface area contributed by atoms with Crippen LogP contribution in [0.3, 0.4) is 0 Å². The molecular weight excluding hydrogens is 338 g/mol. The van der Waals surface area contributed by atoms with Crippen molar-refractivity contribution < 1.29 is 17.4 Å². The molecule has 0 aliphatic carbocycles. The number of carbonyl (C=O) groups is 1. The van der Waals surface area contributed by atoms with Gasteiger partial charge in [0.2, 0.25) is 0 Å². The lowest BCUT2D eigenvalue weighted by atomic mass is 10.2. The summed E-state index contributed by atoms with van der Waals surface area (Å²) in [5, 5.41) is 0. The SMILES string of the molecule is CCN(CC)C(=O)c1ccc(OS(=O)(=O)c2cc(C)ccc2C)cc1. The molecule has 6 heteroatoms. The van der Waals surface area contributed by atoms with E-state index in [1.54, 1.807) is 36.1 Å². The lowest BCUT2D eigenvalue weighted by Crippen LogP contribution is -2.30. The first-order valence-electron chi connectivity index (χ1n) is 8.19. The summed E-state index contributed by atoms with van der Waals surface area (Å²) in [4.78, 5) is 14.1. The lowest BCUT2D eigenvalue weighted by Gasteiger charge is -2.18. The van der Waals surface area contributed by atoms with Gasteiger partial charge in [0.05, 0.1) is 0 Å². The Balaban J connectivity index is 2.23. The van der Waals surface area contributed by atoms with E-state index < -0.39 is 10.1 Å². The summed E-state index contributed by atoms with van der Waals surface area (Å²) in [7, 11) is -3.92. The van der Waals surface area contributed by atoms with Crippen LogP contribution in [0, 0.1) is 13.8 Å². The van der Waals surface area contributed by atoms with Gasteiger partial charge in [-0.2, -0.15) is 8.42 Å². The Hall–Kier alpha value is -2.34. The number of nitrogens with zero attached hydrogens (tertiary/aromatic N) is 1. The van der Waals surface area contributed by atoms with E-state index in [9.17, 15) is 13.2 Å². The maximum absolute atomic E-state index is 12.5. The molecule has 0 aliphatic heterocycles. The average Bonchev–Trinajstić information content (AvgIpc) is 2.58. The minimum atomic E-state index is -3.92. The van der Waals surface area contributed by atoms with Gasteiger partial charge in [0.15, 0.2) is 0 Å². The Bertz CT molecular complexity index is 853. The highest BCUT2D eigenvalue weighted by Gasteiger charge is 2.20. The minimum absolute atomic E-state index is 0.0889. The molecule has 0 aromatic heterocycles. The molecule has 2 rings (SSSR count). The fourth-order valence-corrected chi connectivity index (χ4v) is 3.74. The number of aryl methyl sites for hydroxylation is 2. The van der Waals surface area contributed by atoms with Crippen molar-refractivity contribution in [2.75, 3.05) is 13.1 Å². The first kappa shape index (κ1) is 19.0. The van der Waals surface area contributed by atoms with Crippen LogP contribution in [0.25, 0.3) is 0 Å². The van der Waals surface area contributed by atoms with Crippen molar-refractivity contribution in [2.24, 2.45) is 0 Å². The van der Waals surface area contributed by atoms with Crippen LogP contribution in [-0.2, 0) is 10.1 Å².